The highest BCUT2D eigenvalue weighted by molar-refractivity contribution is 7.99. The van der Waals surface area contributed by atoms with Crippen molar-refractivity contribution in [3.8, 4) is 0 Å². The van der Waals surface area contributed by atoms with Crippen LogP contribution >= 0.6 is 11.8 Å². The van der Waals surface area contributed by atoms with Crippen LogP contribution in [0.2, 0.25) is 0 Å². The topological polar surface area (TPSA) is 20.2 Å². The van der Waals surface area contributed by atoms with Crippen LogP contribution in [0.3, 0.4) is 0 Å². The standard InChI is InChI=1S/C16H20OS/c17-16(12-7-3-1-2-4-8-12)14-11-18-15-10-6-5-9-13(14)15/h5-7,9-10,14,16-17H,1-4,8,11H2. The normalized spacial score (nSPS) is 25.2. The van der Waals surface area contributed by atoms with Gasteiger partial charge in [-0.05, 0) is 42.9 Å². The third-order valence-electron chi connectivity index (χ3n) is 4.07. The Morgan fingerprint density at radius 3 is 3.00 bits per heavy atom. The Balaban J connectivity index is 1.81. The van der Waals surface area contributed by atoms with Crippen LogP contribution in [0.4, 0.5) is 0 Å². The molecule has 1 aliphatic carbocycles. The summed E-state index contributed by atoms with van der Waals surface area (Å²) in [6, 6.07) is 8.53. The van der Waals surface area contributed by atoms with Crippen LogP contribution in [0, 0.1) is 0 Å². The van der Waals surface area contributed by atoms with E-state index in [4.69, 9.17) is 0 Å². The van der Waals surface area contributed by atoms with Gasteiger partial charge in [-0.1, -0.05) is 30.7 Å². The van der Waals surface area contributed by atoms with E-state index in [1.54, 1.807) is 0 Å². The molecule has 1 aromatic rings. The van der Waals surface area contributed by atoms with E-state index in [0.717, 1.165) is 18.6 Å². The van der Waals surface area contributed by atoms with E-state index in [2.05, 4.69) is 30.3 Å². The van der Waals surface area contributed by atoms with Crippen LogP contribution in [-0.2, 0) is 0 Å². The molecule has 1 aromatic carbocycles. The Morgan fingerprint density at radius 2 is 2.06 bits per heavy atom. The Labute approximate surface area is 113 Å². The largest absolute Gasteiger partial charge is 0.388 e. The molecule has 3 rings (SSSR count). The van der Waals surface area contributed by atoms with Gasteiger partial charge < -0.3 is 5.11 Å². The van der Waals surface area contributed by atoms with Crippen LogP contribution < -0.4 is 0 Å². The van der Waals surface area contributed by atoms with Crippen LogP contribution in [-0.4, -0.2) is 17.0 Å². The lowest BCUT2D eigenvalue weighted by Gasteiger charge is -2.21. The predicted octanol–water partition coefficient (Wildman–Crippen LogP) is 4.13. The molecule has 0 aromatic heterocycles. The number of thioether (sulfide) groups is 1. The van der Waals surface area contributed by atoms with Crippen LogP contribution in [0.1, 0.15) is 43.6 Å². The van der Waals surface area contributed by atoms with Gasteiger partial charge in [-0.3, -0.25) is 0 Å². The van der Waals surface area contributed by atoms with Crippen molar-refractivity contribution in [2.24, 2.45) is 0 Å². The quantitative estimate of drug-likeness (QED) is 0.807. The summed E-state index contributed by atoms with van der Waals surface area (Å²) in [5.41, 5.74) is 2.63. The molecule has 0 saturated heterocycles. The number of fused-ring (bicyclic) bond motifs is 1. The van der Waals surface area contributed by atoms with Crippen molar-refractivity contribution >= 4 is 11.8 Å². The number of benzene rings is 1. The number of allylic oxidation sites excluding steroid dienone is 1. The Bertz CT molecular complexity index is 452. The van der Waals surface area contributed by atoms with E-state index in [1.807, 2.05) is 11.8 Å². The molecule has 0 radical (unpaired) electrons. The minimum atomic E-state index is -0.265. The van der Waals surface area contributed by atoms with E-state index in [1.165, 1.54) is 35.3 Å². The van der Waals surface area contributed by atoms with Gasteiger partial charge in [-0.2, -0.15) is 0 Å². The molecular weight excluding hydrogens is 240 g/mol. The minimum absolute atomic E-state index is 0.265. The van der Waals surface area contributed by atoms with Crippen LogP contribution in [0.5, 0.6) is 0 Å². The maximum atomic E-state index is 10.7. The first-order valence-electron chi connectivity index (χ1n) is 6.95. The smallest absolute Gasteiger partial charge is 0.0827 e. The first-order chi connectivity index (χ1) is 8.86. The average Bonchev–Trinajstić information content (AvgIpc) is 2.65. The van der Waals surface area contributed by atoms with Crippen molar-refractivity contribution in [2.45, 2.75) is 49.0 Å². The lowest BCUT2D eigenvalue weighted by molar-refractivity contribution is 0.182. The maximum absolute atomic E-state index is 10.7. The van der Waals surface area contributed by atoms with Crippen LogP contribution in [0.25, 0.3) is 0 Å². The van der Waals surface area contributed by atoms with E-state index in [-0.39, 0.29) is 6.10 Å². The third-order valence-corrected chi connectivity index (χ3v) is 5.28. The third kappa shape index (κ3) is 2.36. The van der Waals surface area contributed by atoms with Crippen molar-refractivity contribution < 1.29 is 5.11 Å². The van der Waals surface area contributed by atoms with Gasteiger partial charge >= 0.3 is 0 Å². The molecule has 1 nitrogen and oxygen atoms in total. The Kier molecular flexibility index (Phi) is 3.76. The van der Waals surface area contributed by atoms with Gasteiger partial charge in [0, 0.05) is 16.6 Å². The summed E-state index contributed by atoms with van der Waals surface area (Å²) in [5.74, 6) is 1.33. The summed E-state index contributed by atoms with van der Waals surface area (Å²) in [6.45, 7) is 0. The molecule has 1 heterocycles. The van der Waals surface area contributed by atoms with Crippen molar-refractivity contribution in [2.75, 3.05) is 5.75 Å². The first kappa shape index (κ1) is 12.3. The molecule has 2 heteroatoms. The molecule has 1 N–H and O–H groups in total. The SMILES string of the molecule is OC(C1=CCCCCC1)C1CSc2ccccc21. The molecule has 0 amide bonds. The monoisotopic (exact) mass is 260 g/mol. The van der Waals surface area contributed by atoms with Gasteiger partial charge in [0.15, 0.2) is 0 Å². The van der Waals surface area contributed by atoms with Gasteiger partial charge in [-0.25, -0.2) is 0 Å². The van der Waals surface area contributed by atoms with Crippen molar-refractivity contribution in [1.82, 2.24) is 0 Å². The zero-order valence-electron chi connectivity index (χ0n) is 10.6. The van der Waals surface area contributed by atoms with Crippen LogP contribution in [0.15, 0.2) is 40.8 Å². The van der Waals surface area contributed by atoms with E-state index < -0.39 is 0 Å². The van der Waals surface area contributed by atoms with Gasteiger partial charge in [-0.15, -0.1) is 11.8 Å². The Morgan fingerprint density at radius 1 is 1.17 bits per heavy atom. The second kappa shape index (κ2) is 5.50. The summed E-state index contributed by atoms with van der Waals surface area (Å²) in [4.78, 5) is 1.36. The first-order valence-corrected chi connectivity index (χ1v) is 7.93. The fourth-order valence-corrected chi connectivity index (χ4v) is 4.30. The lowest BCUT2D eigenvalue weighted by atomic mass is 9.89. The second-order valence-electron chi connectivity index (χ2n) is 5.28. The summed E-state index contributed by atoms with van der Waals surface area (Å²) < 4.78 is 0. The molecular formula is C16H20OS. The zero-order valence-corrected chi connectivity index (χ0v) is 11.5. The molecule has 1 aliphatic heterocycles. The van der Waals surface area contributed by atoms with E-state index in [9.17, 15) is 5.11 Å². The van der Waals surface area contributed by atoms with Gasteiger partial charge in [0.25, 0.3) is 0 Å². The number of hydrogen-bond donors (Lipinski definition) is 1. The molecule has 0 spiro atoms. The number of rotatable bonds is 2. The highest BCUT2D eigenvalue weighted by Gasteiger charge is 2.30. The van der Waals surface area contributed by atoms with Gasteiger partial charge in [0.1, 0.15) is 0 Å². The average molecular weight is 260 g/mol. The molecule has 0 bridgehead atoms. The molecule has 2 unspecified atom stereocenters. The molecule has 96 valence electrons. The van der Waals surface area contributed by atoms with Crippen molar-refractivity contribution in [1.29, 1.82) is 0 Å². The summed E-state index contributed by atoms with van der Waals surface area (Å²) in [7, 11) is 0. The van der Waals surface area contributed by atoms with Gasteiger partial charge in [0.2, 0.25) is 0 Å². The molecule has 2 aliphatic rings. The highest BCUT2D eigenvalue weighted by Crippen LogP contribution is 2.43. The second-order valence-corrected chi connectivity index (χ2v) is 6.34. The maximum Gasteiger partial charge on any atom is 0.0827 e. The van der Waals surface area contributed by atoms with Crippen molar-refractivity contribution in [3.63, 3.8) is 0 Å². The lowest BCUT2D eigenvalue weighted by Crippen LogP contribution is -2.21. The van der Waals surface area contributed by atoms with E-state index >= 15 is 0 Å². The molecule has 18 heavy (non-hydrogen) atoms. The summed E-state index contributed by atoms with van der Waals surface area (Å²) in [6.07, 6.45) is 8.10. The molecule has 0 fully saturated rings. The van der Waals surface area contributed by atoms with Gasteiger partial charge in [0.05, 0.1) is 6.10 Å². The summed E-state index contributed by atoms with van der Waals surface area (Å²) in [5, 5.41) is 10.7. The fraction of sp³-hybridized carbons (Fsp3) is 0.500. The Hall–Kier alpha value is -0.730. The number of hydrogen-bond acceptors (Lipinski definition) is 2. The molecule has 0 saturated carbocycles. The summed E-state index contributed by atoms with van der Waals surface area (Å²) >= 11 is 1.89. The minimum Gasteiger partial charge on any atom is -0.388 e. The van der Waals surface area contributed by atoms with E-state index in [0.29, 0.717) is 5.92 Å². The van der Waals surface area contributed by atoms with Crippen molar-refractivity contribution in [3.05, 3.63) is 41.5 Å². The predicted molar refractivity (Wildman–Crippen MR) is 77.1 cm³/mol. The fourth-order valence-electron chi connectivity index (χ4n) is 3.02. The molecule has 2 atom stereocenters. The number of aliphatic hydroxyl groups is 1. The highest BCUT2D eigenvalue weighted by atomic mass is 32.2. The number of aliphatic hydroxyl groups excluding tert-OH is 1. The zero-order chi connectivity index (χ0) is 12.4.